The first-order valence-corrected chi connectivity index (χ1v) is 7.17. The second-order valence-corrected chi connectivity index (χ2v) is 5.59. The van der Waals surface area contributed by atoms with E-state index in [2.05, 4.69) is 42.2 Å². The van der Waals surface area contributed by atoms with Crippen molar-refractivity contribution >= 4 is 0 Å². The van der Waals surface area contributed by atoms with Gasteiger partial charge in [0.1, 0.15) is 0 Å². The standard InChI is InChI=1S/C16H25NO/c1-14(16-7-3-2-4-8-16)9-11-17-10-5-6-15(12-17)13-18/h2-4,7-8,14-15,18H,5-6,9-13H2,1H3/t14-,15-/m0/s1. The molecular weight excluding hydrogens is 222 g/mol. The van der Waals surface area contributed by atoms with Gasteiger partial charge in [-0.1, -0.05) is 37.3 Å². The molecule has 1 fully saturated rings. The SMILES string of the molecule is C[C@@H](CCN1CCC[C@H](CO)C1)c1ccccc1. The van der Waals surface area contributed by atoms with Crippen molar-refractivity contribution in [3.05, 3.63) is 35.9 Å². The Morgan fingerprint density at radius 1 is 1.33 bits per heavy atom. The van der Waals surface area contributed by atoms with Gasteiger partial charge in [-0.15, -0.1) is 0 Å². The fourth-order valence-corrected chi connectivity index (χ4v) is 2.83. The summed E-state index contributed by atoms with van der Waals surface area (Å²) >= 11 is 0. The first-order chi connectivity index (χ1) is 8.79. The van der Waals surface area contributed by atoms with E-state index in [0.29, 0.717) is 18.4 Å². The molecule has 1 aliphatic heterocycles. The van der Waals surface area contributed by atoms with Crippen molar-refractivity contribution in [3.8, 4) is 0 Å². The summed E-state index contributed by atoms with van der Waals surface area (Å²) in [6.07, 6.45) is 3.65. The maximum atomic E-state index is 9.24. The minimum absolute atomic E-state index is 0.352. The topological polar surface area (TPSA) is 23.5 Å². The average Bonchev–Trinajstić information content (AvgIpc) is 2.46. The zero-order valence-corrected chi connectivity index (χ0v) is 11.4. The lowest BCUT2D eigenvalue weighted by molar-refractivity contribution is 0.118. The van der Waals surface area contributed by atoms with Crippen LogP contribution in [-0.2, 0) is 0 Å². The van der Waals surface area contributed by atoms with Gasteiger partial charge in [-0.25, -0.2) is 0 Å². The van der Waals surface area contributed by atoms with E-state index in [4.69, 9.17) is 0 Å². The van der Waals surface area contributed by atoms with Crippen LogP contribution in [0.15, 0.2) is 30.3 Å². The second kappa shape index (κ2) is 6.91. The minimum Gasteiger partial charge on any atom is -0.396 e. The molecule has 1 saturated heterocycles. The lowest BCUT2D eigenvalue weighted by atomic mass is 9.95. The van der Waals surface area contributed by atoms with Gasteiger partial charge in [0, 0.05) is 13.2 Å². The third kappa shape index (κ3) is 3.82. The summed E-state index contributed by atoms with van der Waals surface area (Å²) in [7, 11) is 0. The molecule has 0 bridgehead atoms. The fourth-order valence-electron chi connectivity index (χ4n) is 2.83. The lowest BCUT2D eigenvalue weighted by Crippen LogP contribution is -2.37. The Kier molecular flexibility index (Phi) is 5.21. The van der Waals surface area contributed by atoms with Crippen LogP contribution in [0.25, 0.3) is 0 Å². The highest BCUT2D eigenvalue weighted by molar-refractivity contribution is 5.18. The van der Waals surface area contributed by atoms with Crippen molar-refractivity contribution in [1.29, 1.82) is 0 Å². The van der Waals surface area contributed by atoms with Gasteiger partial charge < -0.3 is 10.0 Å². The van der Waals surface area contributed by atoms with Crippen molar-refractivity contribution in [1.82, 2.24) is 4.90 Å². The van der Waals surface area contributed by atoms with Crippen LogP contribution in [0.1, 0.15) is 37.7 Å². The molecule has 1 heterocycles. The van der Waals surface area contributed by atoms with Crippen LogP contribution in [0, 0.1) is 5.92 Å². The van der Waals surface area contributed by atoms with Gasteiger partial charge in [0.15, 0.2) is 0 Å². The number of nitrogens with zero attached hydrogens (tertiary/aromatic N) is 1. The molecule has 18 heavy (non-hydrogen) atoms. The third-order valence-electron chi connectivity index (χ3n) is 4.11. The highest BCUT2D eigenvalue weighted by Crippen LogP contribution is 2.21. The number of piperidine rings is 1. The predicted molar refractivity (Wildman–Crippen MR) is 75.7 cm³/mol. The maximum Gasteiger partial charge on any atom is 0.0471 e. The molecule has 1 aromatic carbocycles. The predicted octanol–water partition coefficient (Wildman–Crippen LogP) is 2.88. The van der Waals surface area contributed by atoms with Gasteiger partial charge in [-0.3, -0.25) is 0 Å². The normalized spacial score (nSPS) is 22.9. The lowest BCUT2D eigenvalue weighted by Gasteiger charge is -2.32. The Labute approximate surface area is 111 Å². The Morgan fingerprint density at radius 2 is 2.11 bits per heavy atom. The van der Waals surface area contributed by atoms with Crippen LogP contribution >= 0.6 is 0 Å². The molecule has 0 radical (unpaired) electrons. The van der Waals surface area contributed by atoms with Crippen LogP contribution in [0.3, 0.4) is 0 Å². The highest BCUT2D eigenvalue weighted by Gasteiger charge is 2.19. The van der Waals surface area contributed by atoms with E-state index in [1.807, 2.05) is 0 Å². The summed E-state index contributed by atoms with van der Waals surface area (Å²) in [5, 5.41) is 9.24. The number of hydrogen-bond donors (Lipinski definition) is 1. The molecule has 2 rings (SSSR count). The van der Waals surface area contributed by atoms with Crippen molar-refractivity contribution in [2.75, 3.05) is 26.2 Å². The summed E-state index contributed by atoms with van der Waals surface area (Å²) < 4.78 is 0. The molecule has 100 valence electrons. The Balaban J connectivity index is 1.77. The number of hydrogen-bond acceptors (Lipinski definition) is 2. The molecule has 0 aliphatic carbocycles. The van der Waals surface area contributed by atoms with Crippen LogP contribution in [0.4, 0.5) is 0 Å². The molecule has 0 aromatic heterocycles. The zero-order chi connectivity index (χ0) is 12.8. The van der Waals surface area contributed by atoms with Crippen LogP contribution in [0.5, 0.6) is 0 Å². The summed E-state index contributed by atoms with van der Waals surface area (Å²) in [6, 6.07) is 10.8. The molecule has 2 nitrogen and oxygen atoms in total. The average molecular weight is 247 g/mol. The molecule has 0 amide bonds. The first kappa shape index (κ1) is 13.6. The van der Waals surface area contributed by atoms with E-state index in [9.17, 15) is 5.11 Å². The van der Waals surface area contributed by atoms with Gasteiger partial charge >= 0.3 is 0 Å². The van der Waals surface area contributed by atoms with Crippen molar-refractivity contribution in [2.24, 2.45) is 5.92 Å². The molecule has 1 N–H and O–H groups in total. The van der Waals surface area contributed by atoms with Gasteiger partial charge in [-0.05, 0) is 49.8 Å². The summed E-state index contributed by atoms with van der Waals surface area (Å²) in [6.45, 7) is 6.11. The molecule has 2 heteroatoms. The van der Waals surface area contributed by atoms with Gasteiger partial charge in [0.2, 0.25) is 0 Å². The van der Waals surface area contributed by atoms with Gasteiger partial charge in [0.05, 0.1) is 0 Å². The van der Waals surface area contributed by atoms with Crippen LogP contribution < -0.4 is 0 Å². The van der Waals surface area contributed by atoms with E-state index in [-0.39, 0.29) is 0 Å². The first-order valence-electron chi connectivity index (χ1n) is 7.17. The van der Waals surface area contributed by atoms with E-state index < -0.39 is 0 Å². The van der Waals surface area contributed by atoms with Gasteiger partial charge in [0.25, 0.3) is 0 Å². The Bertz CT molecular complexity index is 338. The van der Waals surface area contributed by atoms with Crippen LogP contribution in [-0.4, -0.2) is 36.2 Å². The molecule has 0 spiro atoms. The highest BCUT2D eigenvalue weighted by atomic mass is 16.3. The van der Waals surface area contributed by atoms with Gasteiger partial charge in [-0.2, -0.15) is 0 Å². The maximum absolute atomic E-state index is 9.24. The monoisotopic (exact) mass is 247 g/mol. The molecule has 2 atom stereocenters. The fraction of sp³-hybridized carbons (Fsp3) is 0.625. The summed E-state index contributed by atoms with van der Waals surface area (Å²) in [4.78, 5) is 2.52. The molecular formula is C16H25NO. The Morgan fingerprint density at radius 3 is 2.83 bits per heavy atom. The third-order valence-corrected chi connectivity index (χ3v) is 4.11. The van der Waals surface area contributed by atoms with E-state index >= 15 is 0 Å². The second-order valence-electron chi connectivity index (χ2n) is 5.59. The summed E-state index contributed by atoms with van der Waals surface area (Å²) in [5.41, 5.74) is 1.44. The van der Waals surface area contributed by atoms with Crippen molar-refractivity contribution in [3.63, 3.8) is 0 Å². The van der Waals surface area contributed by atoms with E-state index in [0.717, 1.165) is 13.1 Å². The number of likely N-dealkylation sites (tertiary alicyclic amines) is 1. The van der Waals surface area contributed by atoms with Crippen molar-refractivity contribution in [2.45, 2.75) is 32.1 Å². The van der Waals surface area contributed by atoms with Crippen LogP contribution in [0.2, 0.25) is 0 Å². The molecule has 0 saturated carbocycles. The number of rotatable bonds is 5. The minimum atomic E-state index is 0.352. The van der Waals surface area contributed by atoms with E-state index in [1.54, 1.807) is 0 Å². The number of benzene rings is 1. The molecule has 0 unspecified atom stereocenters. The summed E-state index contributed by atoms with van der Waals surface area (Å²) in [5.74, 6) is 1.13. The quantitative estimate of drug-likeness (QED) is 0.865. The zero-order valence-electron chi connectivity index (χ0n) is 11.4. The molecule has 1 aliphatic rings. The number of aliphatic hydroxyl groups is 1. The number of aliphatic hydroxyl groups excluding tert-OH is 1. The smallest absolute Gasteiger partial charge is 0.0471 e. The van der Waals surface area contributed by atoms with Crippen molar-refractivity contribution < 1.29 is 5.11 Å². The largest absolute Gasteiger partial charge is 0.396 e. The molecule has 1 aromatic rings. The van der Waals surface area contributed by atoms with E-state index in [1.165, 1.54) is 31.4 Å². The Hall–Kier alpha value is -0.860.